The molecule has 1 aliphatic rings. The molecular formula is C15H14N2O6. The van der Waals surface area contributed by atoms with Gasteiger partial charge in [0.2, 0.25) is 6.79 Å². The van der Waals surface area contributed by atoms with Crippen LogP contribution < -0.4 is 20.1 Å². The van der Waals surface area contributed by atoms with E-state index in [-0.39, 0.29) is 19.0 Å². The number of carbonyl (C=O) groups is 1. The SMILES string of the molecule is O=C(NCc1ccc2c(c1)OCO2)Nc1cc(O)c(O)c(O)c1. The fourth-order valence-electron chi connectivity index (χ4n) is 2.08. The predicted molar refractivity (Wildman–Crippen MR) is 79.9 cm³/mol. The largest absolute Gasteiger partial charge is 0.504 e. The van der Waals surface area contributed by atoms with Crippen molar-refractivity contribution in [2.75, 3.05) is 12.1 Å². The first-order valence-corrected chi connectivity index (χ1v) is 6.71. The van der Waals surface area contributed by atoms with Crippen LogP contribution in [0.3, 0.4) is 0 Å². The number of aromatic hydroxyl groups is 3. The number of fused-ring (bicyclic) bond motifs is 1. The van der Waals surface area contributed by atoms with Gasteiger partial charge in [-0.3, -0.25) is 0 Å². The van der Waals surface area contributed by atoms with Crippen LogP contribution in [0, 0.1) is 0 Å². The molecule has 8 heteroatoms. The van der Waals surface area contributed by atoms with Crippen LogP contribution in [0.1, 0.15) is 5.56 Å². The Bertz CT molecular complexity index is 739. The van der Waals surface area contributed by atoms with Gasteiger partial charge in [0.15, 0.2) is 28.7 Å². The van der Waals surface area contributed by atoms with Crippen molar-refractivity contribution in [3.05, 3.63) is 35.9 Å². The Morgan fingerprint density at radius 3 is 2.48 bits per heavy atom. The summed E-state index contributed by atoms with van der Waals surface area (Å²) in [4.78, 5) is 11.8. The zero-order valence-corrected chi connectivity index (χ0v) is 11.9. The van der Waals surface area contributed by atoms with Crippen LogP contribution in [-0.4, -0.2) is 28.1 Å². The van der Waals surface area contributed by atoms with E-state index >= 15 is 0 Å². The van der Waals surface area contributed by atoms with Crippen LogP contribution in [0.25, 0.3) is 0 Å². The second-order valence-corrected chi connectivity index (χ2v) is 4.86. The molecule has 3 rings (SSSR count). The molecular weight excluding hydrogens is 304 g/mol. The van der Waals surface area contributed by atoms with E-state index < -0.39 is 23.3 Å². The smallest absolute Gasteiger partial charge is 0.319 e. The Morgan fingerprint density at radius 1 is 1.04 bits per heavy atom. The molecule has 0 spiro atoms. The number of benzene rings is 2. The van der Waals surface area contributed by atoms with E-state index in [4.69, 9.17) is 9.47 Å². The van der Waals surface area contributed by atoms with Crippen molar-refractivity contribution in [3.63, 3.8) is 0 Å². The Labute approximate surface area is 130 Å². The number of hydrogen-bond donors (Lipinski definition) is 5. The maximum absolute atomic E-state index is 11.8. The second-order valence-electron chi connectivity index (χ2n) is 4.86. The average molecular weight is 318 g/mol. The number of anilines is 1. The van der Waals surface area contributed by atoms with Gasteiger partial charge in [-0.1, -0.05) is 6.07 Å². The number of carbonyl (C=O) groups excluding carboxylic acids is 1. The van der Waals surface area contributed by atoms with E-state index in [2.05, 4.69) is 10.6 Å². The lowest BCUT2D eigenvalue weighted by Gasteiger charge is -2.10. The molecule has 0 aromatic heterocycles. The van der Waals surface area contributed by atoms with E-state index in [1.807, 2.05) is 0 Å². The number of phenolic OH excluding ortho intramolecular Hbond substituents is 3. The molecule has 0 aliphatic carbocycles. The molecule has 120 valence electrons. The number of amides is 2. The van der Waals surface area contributed by atoms with Crippen LogP contribution in [-0.2, 0) is 6.54 Å². The molecule has 1 heterocycles. The van der Waals surface area contributed by atoms with Crippen LogP contribution in [0.5, 0.6) is 28.7 Å². The molecule has 0 radical (unpaired) electrons. The normalized spacial score (nSPS) is 12.0. The summed E-state index contributed by atoms with van der Waals surface area (Å²) in [5.41, 5.74) is 0.960. The number of ether oxygens (including phenoxy) is 2. The summed E-state index contributed by atoms with van der Waals surface area (Å²) in [6.07, 6.45) is 0. The van der Waals surface area contributed by atoms with Crippen LogP contribution in [0.15, 0.2) is 30.3 Å². The quantitative estimate of drug-likeness (QED) is 0.435. The molecule has 23 heavy (non-hydrogen) atoms. The highest BCUT2D eigenvalue weighted by atomic mass is 16.7. The minimum absolute atomic E-state index is 0.140. The molecule has 8 nitrogen and oxygen atoms in total. The summed E-state index contributed by atoms with van der Waals surface area (Å²) in [7, 11) is 0. The average Bonchev–Trinajstić information content (AvgIpc) is 2.98. The fourth-order valence-corrected chi connectivity index (χ4v) is 2.08. The lowest BCUT2D eigenvalue weighted by Crippen LogP contribution is -2.28. The minimum atomic E-state index is -0.642. The van der Waals surface area contributed by atoms with Gasteiger partial charge in [0, 0.05) is 18.7 Å². The number of phenols is 3. The van der Waals surface area contributed by atoms with Gasteiger partial charge in [0.05, 0.1) is 5.69 Å². The highest BCUT2D eigenvalue weighted by molar-refractivity contribution is 5.90. The first-order chi connectivity index (χ1) is 11.0. The van der Waals surface area contributed by atoms with Gasteiger partial charge in [-0.2, -0.15) is 0 Å². The van der Waals surface area contributed by atoms with Gasteiger partial charge in [-0.05, 0) is 17.7 Å². The highest BCUT2D eigenvalue weighted by Crippen LogP contribution is 2.37. The molecule has 0 fully saturated rings. The molecule has 5 N–H and O–H groups in total. The Morgan fingerprint density at radius 2 is 1.74 bits per heavy atom. The van der Waals surface area contributed by atoms with E-state index in [0.29, 0.717) is 11.5 Å². The Balaban J connectivity index is 1.59. The fraction of sp³-hybridized carbons (Fsp3) is 0.133. The van der Waals surface area contributed by atoms with Crippen LogP contribution >= 0.6 is 0 Å². The summed E-state index contributed by atoms with van der Waals surface area (Å²) in [6, 6.07) is 7.03. The summed E-state index contributed by atoms with van der Waals surface area (Å²) in [5, 5.41) is 33.1. The summed E-state index contributed by atoms with van der Waals surface area (Å²) < 4.78 is 10.4. The Hall–Kier alpha value is -3.29. The van der Waals surface area contributed by atoms with Crippen molar-refractivity contribution in [2.24, 2.45) is 0 Å². The van der Waals surface area contributed by atoms with Crippen molar-refractivity contribution >= 4 is 11.7 Å². The molecule has 2 aromatic carbocycles. The maximum Gasteiger partial charge on any atom is 0.319 e. The molecule has 0 atom stereocenters. The first kappa shape index (κ1) is 14.6. The third-order valence-corrected chi connectivity index (χ3v) is 3.22. The van der Waals surface area contributed by atoms with Gasteiger partial charge >= 0.3 is 6.03 Å². The molecule has 2 amide bonds. The van der Waals surface area contributed by atoms with Crippen molar-refractivity contribution in [2.45, 2.75) is 6.54 Å². The molecule has 0 bridgehead atoms. The number of urea groups is 1. The lowest BCUT2D eigenvalue weighted by molar-refractivity contribution is 0.174. The maximum atomic E-state index is 11.8. The monoisotopic (exact) mass is 318 g/mol. The van der Waals surface area contributed by atoms with Crippen molar-refractivity contribution in [3.8, 4) is 28.7 Å². The van der Waals surface area contributed by atoms with Gasteiger partial charge < -0.3 is 35.4 Å². The predicted octanol–water partition coefficient (Wildman–Crippen LogP) is 1.85. The van der Waals surface area contributed by atoms with Crippen molar-refractivity contribution in [1.82, 2.24) is 5.32 Å². The summed E-state index contributed by atoms with van der Waals surface area (Å²) in [6.45, 7) is 0.430. The summed E-state index contributed by atoms with van der Waals surface area (Å²) in [5.74, 6) is -0.421. The van der Waals surface area contributed by atoms with Gasteiger partial charge in [-0.25, -0.2) is 4.79 Å². The third-order valence-electron chi connectivity index (χ3n) is 3.22. The topological polar surface area (TPSA) is 120 Å². The lowest BCUT2D eigenvalue weighted by atomic mass is 10.2. The molecule has 0 saturated heterocycles. The number of nitrogens with one attached hydrogen (secondary N) is 2. The zero-order chi connectivity index (χ0) is 16.4. The van der Waals surface area contributed by atoms with Crippen LogP contribution in [0.4, 0.5) is 10.5 Å². The first-order valence-electron chi connectivity index (χ1n) is 6.71. The van der Waals surface area contributed by atoms with Gasteiger partial charge in [0.1, 0.15) is 0 Å². The molecule has 2 aromatic rings. The van der Waals surface area contributed by atoms with Gasteiger partial charge in [-0.15, -0.1) is 0 Å². The van der Waals surface area contributed by atoms with E-state index in [1.54, 1.807) is 18.2 Å². The second kappa shape index (κ2) is 5.84. The minimum Gasteiger partial charge on any atom is -0.504 e. The van der Waals surface area contributed by atoms with Crippen molar-refractivity contribution < 1.29 is 29.6 Å². The molecule has 0 unspecified atom stereocenters. The Kier molecular flexibility index (Phi) is 3.71. The van der Waals surface area contributed by atoms with E-state index in [1.165, 1.54) is 0 Å². The van der Waals surface area contributed by atoms with E-state index in [9.17, 15) is 20.1 Å². The molecule has 1 aliphatic heterocycles. The summed E-state index contributed by atoms with van der Waals surface area (Å²) >= 11 is 0. The van der Waals surface area contributed by atoms with Gasteiger partial charge in [0.25, 0.3) is 0 Å². The number of rotatable bonds is 3. The number of hydrogen-bond acceptors (Lipinski definition) is 6. The van der Waals surface area contributed by atoms with E-state index in [0.717, 1.165) is 17.7 Å². The van der Waals surface area contributed by atoms with Crippen LogP contribution in [0.2, 0.25) is 0 Å². The highest BCUT2D eigenvalue weighted by Gasteiger charge is 2.14. The third kappa shape index (κ3) is 3.15. The van der Waals surface area contributed by atoms with Crippen molar-refractivity contribution in [1.29, 1.82) is 0 Å². The standard InChI is InChI=1S/C15H14N2O6/c18-10-4-9(5-11(19)14(10)20)17-15(21)16-6-8-1-2-12-13(3-8)23-7-22-12/h1-5,18-20H,6-7H2,(H2,16,17,21). The molecule has 0 saturated carbocycles. The zero-order valence-electron chi connectivity index (χ0n) is 11.9.